The van der Waals surface area contributed by atoms with Gasteiger partial charge in [-0.05, 0) is 41.7 Å². The molecule has 146 valence electrons. The second-order valence-corrected chi connectivity index (χ2v) is 9.68. The van der Waals surface area contributed by atoms with Gasteiger partial charge in [0.15, 0.2) is 0 Å². The summed E-state index contributed by atoms with van der Waals surface area (Å²) in [5.41, 5.74) is 3.08. The number of nitrogens with one attached hydrogen (secondary N) is 1. The minimum atomic E-state index is -3.52. The highest BCUT2D eigenvalue weighted by molar-refractivity contribution is 7.92. The van der Waals surface area contributed by atoms with Gasteiger partial charge in [-0.3, -0.25) is 9.10 Å². The molecule has 0 bridgehead atoms. The fraction of sp³-hybridized carbons (Fsp3) is 0.381. The molecule has 2 rings (SSSR count). The van der Waals surface area contributed by atoms with Crippen molar-refractivity contribution in [3.05, 3.63) is 59.7 Å². The summed E-state index contributed by atoms with van der Waals surface area (Å²) in [7, 11) is -3.52. The van der Waals surface area contributed by atoms with Crippen molar-refractivity contribution in [2.75, 3.05) is 22.4 Å². The first-order valence-electron chi connectivity index (χ1n) is 8.92. The number of hydrogen-bond acceptors (Lipinski definition) is 3. The Hall–Kier alpha value is -2.34. The van der Waals surface area contributed by atoms with E-state index in [-0.39, 0.29) is 24.3 Å². The van der Waals surface area contributed by atoms with Crippen molar-refractivity contribution in [3.8, 4) is 0 Å². The van der Waals surface area contributed by atoms with Gasteiger partial charge in [0.1, 0.15) is 0 Å². The molecule has 0 saturated heterocycles. The SMILES string of the molecule is Cc1cccc(NC(=O)CCN(c2ccccc2C(C)(C)C)S(C)(=O)=O)c1. The topological polar surface area (TPSA) is 66.5 Å². The maximum Gasteiger partial charge on any atom is 0.232 e. The van der Waals surface area contributed by atoms with Crippen LogP contribution in [0.1, 0.15) is 38.3 Å². The van der Waals surface area contributed by atoms with E-state index in [1.54, 1.807) is 6.07 Å². The molecule has 1 N–H and O–H groups in total. The van der Waals surface area contributed by atoms with Crippen LogP contribution in [0.15, 0.2) is 48.5 Å². The number of para-hydroxylation sites is 1. The second kappa shape index (κ2) is 8.13. The molecule has 0 saturated carbocycles. The quantitative estimate of drug-likeness (QED) is 0.811. The van der Waals surface area contributed by atoms with Crippen molar-refractivity contribution < 1.29 is 13.2 Å². The summed E-state index contributed by atoms with van der Waals surface area (Å²) < 4.78 is 26.2. The Morgan fingerprint density at radius 2 is 1.74 bits per heavy atom. The number of hydrogen-bond donors (Lipinski definition) is 1. The fourth-order valence-electron chi connectivity index (χ4n) is 2.94. The van der Waals surface area contributed by atoms with E-state index in [1.165, 1.54) is 10.6 Å². The van der Waals surface area contributed by atoms with Crippen LogP contribution in [0.3, 0.4) is 0 Å². The van der Waals surface area contributed by atoms with Gasteiger partial charge in [-0.2, -0.15) is 0 Å². The Bertz CT molecular complexity index is 915. The third-order valence-corrected chi connectivity index (χ3v) is 5.40. The lowest BCUT2D eigenvalue weighted by molar-refractivity contribution is -0.116. The van der Waals surface area contributed by atoms with Gasteiger partial charge in [0.05, 0.1) is 11.9 Å². The van der Waals surface area contributed by atoms with Crippen molar-refractivity contribution in [3.63, 3.8) is 0 Å². The number of anilines is 2. The zero-order chi connectivity index (χ0) is 20.2. The summed E-state index contributed by atoms with van der Waals surface area (Å²) in [5.74, 6) is -0.220. The molecule has 0 aliphatic carbocycles. The second-order valence-electron chi connectivity index (χ2n) is 7.77. The molecule has 0 aromatic heterocycles. The predicted molar refractivity (Wildman–Crippen MR) is 112 cm³/mol. The van der Waals surface area contributed by atoms with E-state index in [4.69, 9.17) is 0 Å². The van der Waals surface area contributed by atoms with Crippen LogP contribution in [0.5, 0.6) is 0 Å². The molecule has 2 aromatic rings. The van der Waals surface area contributed by atoms with Crippen LogP contribution in [0.2, 0.25) is 0 Å². The number of benzene rings is 2. The highest BCUT2D eigenvalue weighted by Crippen LogP contribution is 2.33. The van der Waals surface area contributed by atoms with E-state index < -0.39 is 10.0 Å². The molecular formula is C21H28N2O3S. The summed E-state index contributed by atoms with van der Waals surface area (Å²) in [6, 6.07) is 14.9. The molecule has 0 heterocycles. The molecule has 27 heavy (non-hydrogen) atoms. The monoisotopic (exact) mass is 388 g/mol. The minimum Gasteiger partial charge on any atom is -0.326 e. The standard InChI is InChI=1S/C21H28N2O3S/c1-16-9-8-10-17(15-16)22-20(24)13-14-23(27(5,25)26)19-12-7-6-11-18(19)21(2,3)4/h6-12,15H,13-14H2,1-5H3,(H,22,24). The molecular weight excluding hydrogens is 360 g/mol. The number of aryl methyl sites for hydroxylation is 1. The molecule has 0 spiro atoms. The van der Waals surface area contributed by atoms with E-state index >= 15 is 0 Å². The highest BCUT2D eigenvalue weighted by atomic mass is 32.2. The minimum absolute atomic E-state index is 0.0689. The summed E-state index contributed by atoms with van der Waals surface area (Å²) in [4.78, 5) is 12.3. The van der Waals surface area contributed by atoms with E-state index in [9.17, 15) is 13.2 Å². The summed E-state index contributed by atoms with van der Waals surface area (Å²) in [5, 5.41) is 2.83. The number of amides is 1. The van der Waals surface area contributed by atoms with Crippen molar-refractivity contribution >= 4 is 27.3 Å². The van der Waals surface area contributed by atoms with Gasteiger partial charge in [-0.25, -0.2) is 8.42 Å². The van der Waals surface area contributed by atoms with Crippen LogP contribution < -0.4 is 9.62 Å². The van der Waals surface area contributed by atoms with Crippen molar-refractivity contribution in [1.82, 2.24) is 0 Å². The first kappa shape index (κ1) is 21.0. The average molecular weight is 389 g/mol. The predicted octanol–water partition coefficient (Wildman–Crippen LogP) is 4.09. The zero-order valence-corrected chi connectivity index (χ0v) is 17.4. The van der Waals surface area contributed by atoms with Crippen molar-refractivity contribution in [2.45, 2.75) is 39.5 Å². The molecule has 0 aliphatic rings. The summed E-state index contributed by atoms with van der Waals surface area (Å²) in [6.45, 7) is 8.15. The van der Waals surface area contributed by atoms with Crippen molar-refractivity contribution in [2.24, 2.45) is 0 Å². The van der Waals surface area contributed by atoms with Gasteiger partial charge < -0.3 is 5.32 Å². The van der Waals surface area contributed by atoms with Gasteiger partial charge in [0, 0.05) is 18.7 Å². The van der Waals surface area contributed by atoms with Crippen LogP contribution >= 0.6 is 0 Å². The fourth-order valence-corrected chi connectivity index (χ4v) is 3.88. The number of carbonyl (C=O) groups excluding carboxylic acids is 1. The average Bonchev–Trinajstić information content (AvgIpc) is 2.53. The number of nitrogens with zero attached hydrogens (tertiary/aromatic N) is 1. The molecule has 1 amide bonds. The Kier molecular flexibility index (Phi) is 6.31. The van der Waals surface area contributed by atoms with Crippen LogP contribution in [0, 0.1) is 6.92 Å². The van der Waals surface area contributed by atoms with E-state index in [0.29, 0.717) is 11.4 Å². The Morgan fingerprint density at radius 3 is 2.33 bits per heavy atom. The lowest BCUT2D eigenvalue weighted by Gasteiger charge is -2.30. The third-order valence-electron chi connectivity index (χ3n) is 4.22. The van der Waals surface area contributed by atoms with Crippen LogP contribution in [0.25, 0.3) is 0 Å². The smallest absolute Gasteiger partial charge is 0.232 e. The molecule has 6 heteroatoms. The van der Waals surface area contributed by atoms with Crippen molar-refractivity contribution in [1.29, 1.82) is 0 Å². The largest absolute Gasteiger partial charge is 0.326 e. The van der Waals surface area contributed by atoms with Gasteiger partial charge in [-0.1, -0.05) is 51.1 Å². The number of rotatable bonds is 6. The Morgan fingerprint density at radius 1 is 1.07 bits per heavy atom. The third kappa shape index (κ3) is 5.82. The summed E-state index contributed by atoms with van der Waals surface area (Å²) in [6.07, 6.45) is 1.24. The van der Waals surface area contributed by atoms with E-state index in [1.807, 2.05) is 70.2 Å². The first-order valence-corrected chi connectivity index (χ1v) is 10.8. The van der Waals surface area contributed by atoms with Crippen LogP contribution in [0.4, 0.5) is 11.4 Å². The number of sulfonamides is 1. The molecule has 0 fully saturated rings. The molecule has 5 nitrogen and oxygen atoms in total. The molecule has 0 radical (unpaired) electrons. The maximum atomic E-state index is 12.4. The zero-order valence-electron chi connectivity index (χ0n) is 16.6. The van der Waals surface area contributed by atoms with E-state index in [2.05, 4.69) is 5.32 Å². The van der Waals surface area contributed by atoms with Gasteiger partial charge in [0.25, 0.3) is 0 Å². The van der Waals surface area contributed by atoms with Gasteiger partial charge in [-0.15, -0.1) is 0 Å². The molecule has 2 aromatic carbocycles. The van der Waals surface area contributed by atoms with E-state index in [0.717, 1.165) is 11.1 Å². The van der Waals surface area contributed by atoms with Gasteiger partial charge >= 0.3 is 0 Å². The molecule has 0 aliphatic heterocycles. The van der Waals surface area contributed by atoms with Crippen LogP contribution in [-0.4, -0.2) is 27.1 Å². The molecule has 0 unspecified atom stereocenters. The maximum absolute atomic E-state index is 12.4. The highest BCUT2D eigenvalue weighted by Gasteiger charge is 2.25. The lowest BCUT2D eigenvalue weighted by Crippen LogP contribution is -2.34. The molecule has 0 atom stereocenters. The van der Waals surface area contributed by atoms with Crippen LogP contribution in [-0.2, 0) is 20.2 Å². The summed E-state index contributed by atoms with van der Waals surface area (Å²) >= 11 is 0. The Balaban J connectivity index is 2.21. The number of carbonyl (C=O) groups is 1. The normalized spacial score (nSPS) is 11.9. The lowest BCUT2D eigenvalue weighted by atomic mass is 9.86. The first-order chi connectivity index (χ1) is 12.5. The van der Waals surface area contributed by atoms with Gasteiger partial charge in [0.2, 0.25) is 15.9 Å². The Labute approximate surface area is 162 Å².